The number of nitrogens with one attached hydrogen (secondary N) is 3. The molecule has 22 heteroatoms. The van der Waals surface area contributed by atoms with Crippen molar-refractivity contribution >= 4 is 52.9 Å². The van der Waals surface area contributed by atoms with Crippen molar-refractivity contribution in [3.05, 3.63) is 78.5 Å². The molecule has 0 bridgehead atoms. The van der Waals surface area contributed by atoms with Crippen LogP contribution in [-0.4, -0.2) is 150 Å². The number of phenolic OH excluding ortho intramolecular Hbond substituents is 1. The average molecular weight is 1090 g/mol. The van der Waals surface area contributed by atoms with Gasteiger partial charge in [-0.05, 0) is 121 Å². The molecule has 2 aliphatic carbocycles. The Morgan fingerprint density at radius 2 is 1.65 bits per heavy atom. The lowest BCUT2D eigenvalue weighted by Gasteiger charge is -2.56. The van der Waals surface area contributed by atoms with Gasteiger partial charge in [-0.2, -0.15) is 0 Å². The highest BCUT2D eigenvalue weighted by Gasteiger charge is 2.53. The molecule has 2 aromatic heterocycles. The summed E-state index contributed by atoms with van der Waals surface area (Å²) in [6.07, 6.45) is 6.86. The minimum absolute atomic E-state index is 0.0298. The third-order valence-corrected chi connectivity index (χ3v) is 15.2. The maximum atomic E-state index is 13.6. The van der Waals surface area contributed by atoms with Gasteiger partial charge in [0.25, 0.3) is 0 Å². The number of esters is 1. The van der Waals surface area contributed by atoms with Crippen molar-refractivity contribution in [1.82, 2.24) is 25.4 Å². The molecule has 5 heterocycles. The number of piperazine rings is 1. The standard InChI is InChI=1S/C57H74N10O12/c1-5-75-52(71)57(21-10-22-57)51(70)61-44(12-8-9-23-58)50(69)60-38-16-14-37(15-17-38)33-76-53(72)62-49-46(32-45(63-64-49)43-11-6-7-13-47(43)68)66-27-28-67(56(34-66)35-74-36-56)39-18-24-59-48(29-39)78-42-30-41(31-42)77-40-19-25-65(26-20-40)54(73)79-55(2,3)4/h6-7,11,13-18,24,29,32,40-42,44,68H,5,8-10,12,19-23,25-28,30-31,33-36,58H2,1-4H3,(H,60,69)(H,61,70)(H,62,64,72)/t41?,42?,44-/m0/s1. The van der Waals surface area contributed by atoms with Crippen molar-refractivity contribution < 1.29 is 57.5 Å². The van der Waals surface area contributed by atoms with Crippen LogP contribution in [-0.2, 0) is 44.7 Å². The average Bonchev–Trinajstić information content (AvgIpc) is 3.55. The topological polar surface area (TPSA) is 271 Å². The Labute approximate surface area is 460 Å². The Balaban J connectivity index is 0.804. The van der Waals surface area contributed by atoms with E-state index in [2.05, 4.69) is 40.9 Å². The number of nitrogens with zero attached hydrogens (tertiary/aromatic N) is 6. The van der Waals surface area contributed by atoms with Crippen LogP contribution in [0.5, 0.6) is 11.6 Å². The summed E-state index contributed by atoms with van der Waals surface area (Å²) >= 11 is 0. The zero-order valence-corrected chi connectivity index (χ0v) is 45.6. The van der Waals surface area contributed by atoms with Crippen LogP contribution >= 0.6 is 0 Å². The lowest BCUT2D eigenvalue weighted by molar-refractivity contribution is -0.167. The van der Waals surface area contributed by atoms with E-state index in [0.717, 1.165) is 31.4 Å². The highest BCUT2D eigenvalue weighted by Crippen LogP contribution is 2.43. The van der Waals surface area contributed by atoms with Crippen LogP contribution in [0, 0.1) is 5.41 Å². The highest BCUT2D eigenvalue weighted by molar-refractivity contribution is 6.06. The van der Waals surface area contributed by atoms with Gasteiger partial charge in [-0.15, -0.1) is 10.2 Å². The van der Waals surface area contributed by atoms with Gasteiger partial charge in [-0.3, -0.25) is 19.7 Å². The molecular formula is C57H74N10O12. The predicted molar refractivity (Wildman–Crippen MR) is 292 cm³/mol. The first-order valence-corrected chi connectivity index (χ1v) is 27.6. The Kier molecular flexibility index (Phi) is 17.7. The maximum Gasteiger partial charge on any atom is 0.413 e. The molecule has 1 spiro atoms. The van der Waals surface area contributed by atoms with Crippen LogP contribution in [0.1, 0.15) is 97.5 Å². The van der Waals surface area contributed by atoms with Crippen molar-refractivity contribution in [3.63, 3.8) is 0 Å². The molecule has 6 N–H and O–H groups in total. The molecular weight excluding hydrogens is 1020 g/mol. The third-order valence-electron chi connectivity index (χ3n) is 15.2. The number of phenols is 1. The smallest absolute Gasteiger partial charge is 0.413 e. The number of carbonyl (C=O) groups excluding carboxylic acids is 5. The molecule has 3 aliphatic heterocycles. The quantitative estimate of drug-likeness (QED) is 0.0267. The van der Waals surface area contributed by atoms with Gasteiger partial charge in [0.2, 0.25) is 17.7 Å². The molecule has 3 saturated heterocycles. The second-order valence-corrected chi connectivity index (χ2v) is 22.1. The number of nitrogens with two attached hydrogens (primary N) is 1. The van der Waals surface area contributed by atoms with Crippen LogP contribution in [0.15, 0.2) is 72.9 Å². The molecule has 2 aromatic carbocycles. The number of rotatable bonds is 20. The lowest BCUT2D eigenvalue weighted by atomic mass is 9.68. The first-order valence-electron chi connectivity index (χ1n) is 27.6. The van der Waals surface area contributed by atoms with Gasteiger partial charge < -0.3 is 64.6 Å². The first-order chi connectivity index (χ1) is 38.0. The fraction of sp³-hybridized carbons (Fsp3) is 0.544. The number of piperidine rings is 1. The largest absolute Gasteiger partial charge is 0.507 e. The molecule has 1 atom stereocenters. The number of aromatic nitrogens is 3. The third kappa shape index (κ3) is 13.6. The van der Waals surface area contributed by atoms with Crippen LogP contribution < -0.4 is 36.2 Å². The molecule has 79 heavy (non-hydrogen) atoms. The summed E-state index contributed by atoms with van der Waals surface area (Å²) in [6, 6.07) is 18.4. The second kappa shape index (κ2) is 24.8. The van der Waals surface area contributed by atoms with Crippen molar-refractivity contribution in [2.45, 2.75) is 134 Å². The van der Waals surface area contributed by atoms with Gasteiger partial charge in [0.05, 0.1) is 43.4 Å². The number of amides is 4. The van der Waals surface area contributed by atoms with Gasteiger partial charge in [0.15, 0.2) is 5.82 Å². The summed E-state index contributed by atoms with van der Waals surface area (Å²) in [5.74, 6) is -0.806. The maximum absolute atomic E-state index is 13.6. The number of pyridine rings is 1. The van der Waals surface area contributed by atoms with Crippen molar-refractivity contribution in [3.8, 4) is 22.9 Å². The molecule has 5 aliphatic rings. The molecule has 4 amide bonds. The number of aromatic hydroxyl groups is 1. The number of hydrogen-bond acceptors (Lipinski definition) is 18. The normalized spacial score (nSPS) is 19.9. The van der Waals surface area contributed by atoms with Gasteiger partial charge in [0, 0.05) is 74.8 Å². The Bertz CT molecular complexity index is 2790. The minimum atomic E-state index is -1.29. The monoisotopic (exact) mass is 1090 g/mol. The molecule has 0 unspecified atom stereocenters. The fourth-order valence-electron chi connectivity index (χ4n) is 10.6. The summed E-state index contributed by atoms with van der Waals surface area (Å²) < 4.78 is 35.1. The number of benzene rings is 2. The van der Waals surface area contributed by atoms with E-state index in [4.69, 9.17) is 34.2 Å². The summed E-state index contributed by atoms with van der Waals surface area (Å²) in [4.78, 5) is 76.7. The SMILES string of the molecule is CCOC(=O)C1(C(=O)N[C@@H](CCCCN)C(=O)Nc2ccc(COC(=O)Nc3nnc(-c4ccccc4O)cc3N3CCN(c4ccnc(OC5CC(OC6CCN(C(=O)OC(C)(C)C)CC6)C5)c4)C4(COC4)C3)cc2)CCC1. The van der Waals surface area contributed by atoms with Crippen LogP contribution in [0.3, 0.4) is 0 Å². The Morgan fingerprint density at radius 1 is 0.886 bits per heavy atom. The van der Waals surface area contributed by atoms with Gasteiger partial charge in [-0.1, -0.05) is 30.7 Å². The number of unbranched alkanes of at least 4 members (excludes halogenated alkanes) is 1. The van der Waals surface area contributed by atoms with Gasteiger partial charge in [0.1, 0.15) is 41.1 Å². The first kappa shape index (κ1) is 56.4. The predicted octanol–water partition coefficient (Wildman–Crippen LogP) is 6.70. The van der Waals surface area contributed by atoms with Gasteiger partial charge in [-0.25, -0.2) is 14.6 Å². The van der Waals surface area contributed by atoms with E-state index in [0.29, 0.717) is 125 Å². The fourth-order valence-corrected chi connectivity index (χ4v) is 10.6. The number of hydrogen-bond donors (Lipinski definition) is 5. The summed E-state index contributed by atoms with van der Waals surface area (Å²) in [5.41, 5.74) is 6.94. The Hall–Kier alpha value is -7.30. The van der Waals surface area contributed by atoms with E-state index in [-0.39, 0.29) is 49.2 Å². The summed E-state index contributed by atoms with van der Waals surface area (Å²) in [6.45, 7) is 11.5. The van der Waals surface area contributed by atoms with E-state index in [1.807, 2.05) is 32.9 Å². The van der Waals surface area contributed by atoms with Crippen molar-refractivity contribution in [2.24, 2.45) is 11.1 Å². The molecule has 5 fully saturated rings. The highest BCUT2D eigenvalue weighted by atomic mass is 16.6. The van der Waals surface area contributed by atoms with E-state index in [9.17, 15) is 29.1 Å². The molecule has 424 valence electrons. The number of anilines is 4. The van der Waals surface area contributed by atoms with E-state index >= 15 is 0 Å². The molecule has 22 nitrogen and oxygen atoms in total. The Morgan fingerprint density at radius 3 is 2.32 bits per heavy atom. The van der Waals surface area contributed by atoms with E-state index in [1.54, 1.807) is 72.6 Å². The number of carbonyl (C=O) groups is 5. The molecule has 2 saturated carbocycles. The summed E-state index contributed by atoms with van der Waals surface area (Å²) in [5, 5.41) is 28.2. The van der Waals surface area contributed by atoms with Crippen molar-refractivity contribution in [1.29, 1.82) is 0 Å². The van der Waals surface area contributed by atoms with Crippen LogP contribution in [0.2, 0.25) is 0 Å². The van der Waals surface area contributed by atoms with E-state index < -0.39 is 46.5 Å². The second-order valence-electron chi connectivity index (χ2n) is 22.1. The summed E-state index contributed by atoms with van der Waals surface area (Å²) in [7, 11) is 0. The van der Waals surface area contributed by atoms with Crippen molar-refractivity contribution in [2.75, 3.05) is 79.5 Å². The molecule has 0 radical (unpaired) electrons. The van der Waals surface area contributed by atoms with Gasteiger partial charge >= 0.3 is 18.2 Å². The van der Waals surface area contributed by atoms with Crippen LogP contribution in [0.4, 0.5) is 32.5 Å². The number of ether oxygens (including phenoxy) is 6. The molecule has 9 rings (SSSR count). The zero-order chi connectivity index (χ0) is 55.7. The molecule has 4 aromatic rings. The number of para-hydroxylation sites is 1. The lowest BCUT2D eigenvalue weighted by Crippen LogP contribution is -2.72. The van der Waals surface area contributed by atoms with E-state index in [1.165, 1.54) is 0 Å². The number of likely N-dealkylation sites (tertiary alicyclic amines) is 1. The minimum Gasteiger partial charge on any atom is -0.507 e. The zero-order valence-electron chi connectivity index (χ0n) is 45.6. The van der Waals surface area contributed by atoms with Crippen LogP contribution in [0.25, 0.3) is 11.3 Å².